The van der Waals surface area contributed by atoms with Crippen LogP contribution in [0.15, 0.2) is 29.3 Å². The van der Waals surface area contributed by atoms with E-state index in [1.54, 1.807) is 12.3 Å². The Labute approximate surface area is 143 Å². The van der Waals surface area contributed by atoms with Gasteiger partial charge in [0.2, 0.25) is 5.88 Å². The Hall–Kier alpha value is -2.97. The molecular formula is C17H18N4O4. The van der Waals surface area contributed by atoms with Gasteiger partial charge in [0.05, 0.1) is 17.8 Å². The zero-order valence-electron chi connectivity index (χ0n) is 13.5. The molecule has 0 radical (unpaired) electrons. The van der Waals surface area contributed by atoms with Gasteiger partial charge in [0.1, 0.15) is 18.1 Å². The molecule has 0 bridgehead atoms. The monoisotopic (exact) mass is 342 g/mol. The number of aliphatic hydroxyl groups excluding tert-OH is 1. The van der Waals surface area contributed by atoms with E-state index in [0.29, 0.717) is 0 Å². The number of benzene rings is 1. The number of carboxylic acids is 1. The Kier molecular flexibility index (Phi) is 4.39. The van der Waals surface area contributed by atoms with Gasteiger partial charge < -0.3 is 21.1 Å². The summed E-state index contributed by atoms with van der Waals surface area (Å²) in [7, 11) is 0. The van der Waals surface area contributed by atoms with E-state index < -0.39 is 24.7 Å². The second kappa shape index (κ2) is 6.50. The first-order valence-corrected chi connectivity index (χ1v) is 7.68. The van der Waals surface area contributed by atoms with Crippen molar-refractivity contribution in [1.82, 2.24) is 9.55 Å². The Morgan fingerprint density at radius 3 is 2.80 bits per heavy atom. The number of nitrogens with two attached hydrogens (primary N) is 1. The number of aliphatic imine (C=N–C) groups is 1. The van der Waals surface area contributed by atoms with Crippen molar-refractivity contribution in [1.29, 1.82) is 0 Å². The van der Waals surface area contributed by atoms with E-state index >= 15 is 0 Å². The molecule has 8 heteroatoms. The topological polar surface area (TPSA) is 134 Å². The van der Waals surface area contributed by atoms with Crippen LogP contribution in [-0.2, 0) is 11.3 Å². The summed E-state index contributed by atoms with van der Waals surface area (Å²) in [5.41, 5.74) is 8.50. The molecule has 2 atom stereocenters. The molecule has 0 saturated carbocycles. The number of para-hydroxylation sites is 1. The molecule has 0 amide bonds. The van der Waals surface area contributed by atoms with Gasteiger partial charge in [-0.1, -0.05) is 18.2 Å². The maximum absolute atomic E-state index is 11.1. The molecule has 3 rings (SSSR count). The minimum atomic E-state index is -1.15. The van der Waals surface area contributed by atoms with Crippen molar-refractivity contribution in [2.45, 2.75) is 25.6 Å². The highest BCUT2D eigenvalue weighted by Crippen LogP contribution is 2.34. The van der Waals surface area contributed by atoms with E-state index in [-0.39, 0.29) is 17.4 Å². The second-order valence-electron chi connectivity index (χ2n) is 5.80. The number of aromatic hydroxyl groups is 1. The van der Waals surface area contributed by atoms with E-state index in [0.717, 1.165) is 21.4 Å². The first kappa shape index (κ1) is 16.9. The maximum Gasteiger partial charge on any atom is 0.323 e. The van der Waals surface area contributed by atoms with Crippen LogP contribution in [0.4, 0.5) is 5.69 Å². The number of carboxylic acid groups (broad SMARTS) is 1. The Balaban J connectivity index is 2.07. The van der Waals surface area contributed by atoms with Crippen LogP contribution in [-0.4, -0.2) is 43.2 Å². The lowest BCUT2D eigenvalue weighted by Crippen LogP contribution is -2.27. The number of imidazole rings is 1. The standard InChI is InChI=1S/C17H18N4O4/c1-9(22)15(18)16-20-13(17(25)21(16)8-14(23)24)6-10-7-19-12-5-3-2-4-11(10)12/h2-7,9,15,22,25H,8,18H2,1H3,(H,23,24). The smallest absolute Gasteiger partial charge is 0.323 e. The first-order chi connectivity index (χ1) is 11.9. The van der Waals surface area contributed by atoms with Crippen molar-refractivity contribution >= 4 is 29.5 Å². The highest BCUT2D eigenvalue weighted by Gasteiger charge is 2.25. The number of aliphatic hydroxyl groups is 1. The Morgan fingerprint density at radius 2 is 2.12 bits per heavy atom. The van der Waals surface area contributed by atoms with Crippen LogP contribution < -0.4 is 5.73 Å². The number of nitrogens with zero attached hydrogens (tertiary/aromatic N) is 3. The molecule has 0 aliphatic carbocycles. The summed E-state index contributed by atoms with van der Waals surface area (Å²) in [5.74, 6) is -1.37. The first-order valence-electron chi connectivity index (χ1n) is 7.68. The number of rotatable bonds is 5. The zero-order chi connectivity index (χ0) is 18.1. The lowest BCUT2D eigenvalue weighted by Gasteiger charge is -2.15. The van der Waals surface area contributed by atoms with Gasteiger partial charge in [-0.3, -0.25) is 14.4 Å². The van der Waals surface area contributed by atoms with Gasteiger partial charge in [0, 0.05) is 17.4 Å². The average molecular weight is 342 g/mol. The summed E-state index contributed by atoms with van der Waals surface area (Å²) in [6.45, 7) is 0.960. The molecule has 25 heavy (non-hydrogen) atoms. The number of aliphatic carboxylic acids is 1. The van der Waals surface area contributed by atoms with Crippen LogP contribution in [0.1, 0.15) is 30.0 Å². The third-order valence-electron chi connectivity index (χ3n) is 3.96. The maximum atomic E-state index is 11.1. The number of hydrogen-bond acceptors (Lipinski definition) is 6. The quantitative estimate of drug-likeness (QED) is 0.647. The SMILES string of the molecule is CC(O)C(N)c1nc(C=C2C=Nc3ccccc32)c(O)n1CC(=O)O. The molecule has 2 aromatic rings. The van der Waals surface area contributed by atoms with Crippen molar-refractivity contribution in [3.63, 3.8) is 0 Å². The molecule has 5 N–H and O–H groups in total. The summed E-state index contributed by atoms with van der Waals surface area (Å²) < 4.78 is 1.09. The third kappa shape index (κ3) is 3.17. The number of allylic oxidation sites excluding steroid dienone is 1. The van der Waals surface area contributed by atoms with E-state index in [1.165, 1.54) is 6.92 Å². The summed E-state index contributed by atoms with van der Waals surface area (Å²) >= 11 is 0. The molecule has 1 aliphatic rings. The summed E-state index contributed by atoms with van der Waals surface area (Å²) in [4.78, 5) is 19.6. The lowest BCUT2D eigenvalue weighted by molar-refractivity contribution is -0.137. The average Bonchev–Trinajstić information content (AvgIpc) is 3.10. The fourth-order valence-corrected chi connectivity index (χ4v) is 2.64. The summed E-state index contributed by atoms with van der Waals surface area (Å²) in [5, 5.41) is 29.2. The van der Waals surface area contributed by atoms with Crippen molar-refractivity contribution in [2.75, 3.05) is 0 Å². The van der Waals surface area contributed by atoms with Crippen LogP contribution >= 0.6 is 0 Å². The van der Waals surface area contributed by atoms with Crippen LogP contribution in [0.2, 0.25) is 0 Å². The predicted molar refractivity (Wildman–Crippen MR) is 92.6 cm³/mol. The van der Waals surface area contributed by atoms with Crippen molar-refractivity contribution in [3.05, 3.63) is 41.3 Å². The van der Waals surface area contributed by atoms with E-state index in [9.17, 15) is 15.0 Å². The van der Waals surface area contributed by atoms with Gasteiger partial charge in [-0.15, -0.1) is 0 Å². The van der Waals surface area contributed by atoms with Crippen LogP contribution in [0, 0.1) is 0 Å². The van der Waals surface area contributed by atoms with Gasteiger partial charge in [0.25, 0.3) is 0 Å². The second-order valence-corrected chi connectivity index (χ2v) is 5.80. The van der Waals surface area contributed by atoms with Crippen molar-refractivity contribution in [3.8, 4) is 5.88 Å². The number of aromatic nitrogens is 2. The molecule has 2 unspecified atom stereocenters. The highest BCUT2D eigenvalue weighted by atomic mass is 16.4. The minimum Gasteiger partial charge on any atom is -0.493 e. The number of hydrogen-bond donors (Lipinski definition) is 4. The Morgan fingerprint density at radius 1 is 1.40 bits per heavy atom. The van der Waals surface area contributed by atoms with Gasteiger partial charge >= 0.3 is 5.97 Å². The molecule has 130 valence electrons. The van der Waals surface area contributed by atoms with E-state index in [2.05, 4.69) is 9.98 Å². The molecule has 8 nitrogen and oxygen atoms in total. The lowest BCUT2D eigenvalue weighted by atomic mass is 10.1. The molecule has 0 saturated heterocycles. The van der Waals surface area contributed by atoms with Crippen molar-refractivity contribution in [2.24, 2.45) is 10.7 Å². The van der Waals surface area contributed by atoms with Crippen molar-refractivity contribution < 1.29 is 20.1 Å². The van der Waals surface area contributed by atoms with E-state index in [1.807, 2.05) is 24.3 Å². The fraction of sp³-hybridized carbons (Fsp3) is 0.235. The van der Waals surface area contributed by atoms with Gasteiger partial charge in [-0.05, 0) is 19.1 Å². The molecule has 0 fully saturated rings. The molecule has 1 aliphatic heterocycles. The number of carbonyl (C=O) groups is 1. The summed E-state index contributed by atoms with van der Waals surface area (Å²) in [6.07, 6.45) is 2.30. The number of fused-ring (bicyclic) bond motifs is 1. The normalized spacial score (nSPS) is 16.8. The highest BCUT2D eigenvalue weighted by molar-refractivity contribution is 6.21. The van der Waals surface area contributed by atoms with Crippen LogP contribution in [0.3, 0.4) is 0 Å². The molecule has 2 heterocycles. The molecule has 1 aromatic heterocycles. The Bertz CT molecular complexity index is 883. The van der Waals surface area contributed by atoms with Gasteiger partial charge in [0.15, 0.2) is 0 Å². The minimum absolute atomic E-state index is 0.102. The zero-order valence-corrected chi connectivity index (χ0v) is 13.5. The van der Waals surface area contributed by atoms with E-state index in [4.69, 9.17) is 10.8 Å². The molecule has 0 spiro atoms. The third-order valence-corrected chi connectivity index (χ3v) is 3.96. The van der Waals surface area contributed by atoms with Crippen LogP contribution in [0.5, 0.6) is 5.88 Å². The molecule has 1 aromatic carbocycles. The van der Waals surface area contributed by atoms with Crippen LogP contribution in [0.25, 0.3) is 11.6 Å². The fourth-order valence-electron chi connectivity index (χ4n) is 2.64. The van der Waals surface area contributed by atoms with Gasteiger partial charge in [-0.2, -0.15) is 0 Å². The predicted octanol–water partition coefficient (Wildman–Crippen LogP) is 1.31. The summed E-state index contributed by atoms with van der Waals surface area (Å²) in [6, 6.07) is 6.57. The van der Waals surface area contributed by atoms with Gasteiger partial charge in [-0.25, -0.2) is 4.98 Å². The largest absolute Gasteiger partial charge is 0.493 e. The molecular weight excluding hydrogens is 324 g/mol.